The normalized spacial score (nSPS) is 11.4. The Morgan fingerprint density at radius 3 is 1.44 bits per heavy atom. The summed E-state index contributed by atoms with van der Waals surface area (Å²) in [7, 11) is 0. The zero-order valence-electron chi connectivity index (χ0n) is 11.4. The van der Waals surface area contributed by atoms with Crippen LogP contribution in [-0.2, 0) is 4.79 Å². The van der Waals surface area contributed by atoms with E-state index in [4.69, 9.17) is 0 Å². The molecule has 0 aromatic rings. The smallest absolute Gasteiger partial charge is 0.142 e. The van der Waals surface area contributed by atoms with Gasteiger partial charge >= 0.3 is 0 Å². The van der Waals surface area contributed by atoms with Crippen LogP contribution in [-0.4, -0.2) is 30.6 Å². The van der Waals surface area contributed by atoms with Crippen molar-refractivity contribution in [1.82, 2.24) is 0 Å². The fraction of sp³-hybridized carbons (Fsp3) is 0.857. The molecule has 0 radical (unpaired) electrons. The summed E-state index contributed by atoms with van der Waals surface area (Å²) in [6.07, 6.45) is 12.7. The second-order valence-corrected chi connectivity index (χ2v) is 8.81. The van der Waals surface area contributed by atoms with Crippen LogP contribution >= 0.6 is 6.89 Å². The third-order valence-electron chi connectivity index (χ3n) is 3.25. The topological polar surface area (TPSA) is 17.1 Å². The Labute approximate surface area is 102 Å². The van der Waals surface area contributed by atoms with E-state index in [9.17, 15) is 4.79 Å². The van der Waals surface area contributed by atoms with E-state index in [1.807, 2.05) is 0 Å². The van der Waals surface area contributed by atoms with Crippen LogP contribution in [0.1, 0.15) is 59.3 Å². The van der Waals surface area contributed by atoms with E-state index >= 15 is 0 Å². The Morgan fingerprint density at radius 2 is 1.19 bits per heavy atom. The number of unbranched alkanes of at least 4 members (excludes halogenated alkanes) is 3. The predicted molar refractivity (Wildman–Crippen MR) is 78.4 cm³/mol. The summed E-state index contributed by atoms with van der Waals surface area (Å²) in [4.78, 5) is 10.9. The summed E-state index contributed by atoms with van der Waals surface area (Å²) in [5, 5.41) is 0. The maximum Gasteiger partial charge on any atom is 0.142 e. The summed E-state index contributed by atoms with van der Waals surface area (Å²) in [5.74, 6) is 2.06. The minimum Gasteiger partial charge on any atom is -0.299 e. The molecular weight excluding hydrogens is 215 g/mol. The van der Waals surface area contributed by atoms with E-state index in [1.165, 1.54) is 57.0 Å². The maximum absolute atomic E-state index is 10.9. The molecular formula is C14H29OP. The van der Waals surface area contributed by atoms with Crippen LogP contribution in [0.4, 0.5) is 0 Å². The first-order valence-corrected chi connectivity index (χ1v) is 9.31. The van der Waals surface area contributed by atoms with Gasteiger partial charge in [-0.05, 0) is 43.5 Å². The molecule has 0 saturated carbocycles. The molecule has 0 aliphatic rings. The van der Waals surface area contributed by atoms with Gasteiger partial charge in [0.2, 0.25) is 0 Å². The van der Waals surface area contributed by atoms with E-state index in [0.29, 0.717) is 0 Å². The molecule has 0 aliphatic heterocycles. The van der Waals surface area contributed by atoms with Crippen LogP contribution in [0.25, 0.3) is 0 Å². The molecule has 0 unspecified atom stereocenters. The van der Waals surface area contributed by atoms with E-state index in [-0.39, 0.29) is 0 Å². The van der Waals surface area contributed by atoms with Gasteiger partial charge < -0.3 is 0 Å². The van der Waals surface area contributed by atoms with Crippen LogP contribution in [0, 0.1) is 0 Å². The first kappa shape index (κ1) is 16.0. The van der Waals surface area contributed by atoms with Gasteiger partial charge in [0.1, 0.15) is 6.29 Å². The van der Waals surface area contributed by atoms with Crippen molar-refractivity contribution < 1.29 is 4.79 Å². The van der Waals surface area contributed by atoms with Gasteiger partial charge in [-0.3, -0.25) is 4.79 Å². The first-order valence-electron chi connectivity index (χ1n) is 6.90. The second-order valence-electron chi connectivity index (χ2n) is 4.74. The lowest BCUT2D eigenvalue weighted by Crippen LogP contribution is -2.04. The van der Waals surface area contributed by atoms with Gasteiger partial charge in [-0.25, -0.2) is 0 Å². The van der Waals surface area contributed by atoms with E-state index in [1.54, 1.807) is 0 Å². The zero-order valence-corrected chi connectivity index (χ0v) is 12.3. The van der Waals surface area contributed by atoms with Gasteiger partial charge in [-0.15, -0.1) is 6.89 Å². The third kappa shape index (κ3) is 6.53. The highest BCUT2D eigenvalue weighted by Gasteiger charge is 2.15. The van der Waals surface area contributed by atoms with Crippen molar-refractivity contribution in [3.63, 3.8) is 0 Å². The highest BCUT2D eigenvalue weighted by Crippen LogP contribution is 2.49. The third-order valence-corrected chi connectivity index (χ3v) is 7.62. The fourth-order valence-electron chi connectivity index (χ4n) is 2.11. The van der Waals surface area contributed by atoms with Crippen molar-refractivity contribution in [3.05, 3.63) is 0 Å². The molecule has 0 rings (SSSR count). The van der Waals surface area contributed by atoms with Gasteiger partial charge in [0.15, 0.2) is 0 Å². The van der Waals surface area contributed by atoms with Gasteiger partial charge in [0.05, 0.1) is 0 Å². The summed E-state index contributed by atoms with van der Waals surface area (Å²) in [5.41, 5.74) is 0. The average molecular weight is 244 g/mol. The summed E-state index contributed by atoms with van der Waals surface area (Å²) in [6, 6.07) is 0. The molecule has 0 spiro atoms. The zero-order chi connectivity index (χ0) is 12.3. The molecule has 16 heavy (non-hydrogen) atoms. The van der Waals surface area contributed by atoms with Crippen LogP contribution in [0.2, 0.25) is 0 Å². The van der Waals surface area contributed by atoms with Gasteiger partial charge in [0.25, 0.3) is 0 Å². The molecule has 0 aliphatic carbocycles. The average Bonchev–Trinajstić information content (AvgIpc) is 2.31. The van der Waals surface area contributed by atoms with Crippen LogP contribution in [0.3, 0.4) is 0 Å². The summed E-state index contributed by atoms with van der Waals surface area (Å²) >= 11 is 0. The molecule has 0 amide bonds. The number of aldehydes is 1. The molecule has 2 heteroatoms. The Hall–Kier alpha value is -0.0300. The fourth-order valence-corrected chi connectivity index (χ4v) is 6.32. The number of hydrogen-bond donors (Lipinski definition) is 0. The SMILES string of the molecule is CCCCP(=CC=O)(CCCC)CCCC. The van der Waals surface area contributed by atoms with Crippen molar-refractivity contribution in [1.29, 1.82) is 0 Å². The van der Waals surface area contributed by atoms with Crippen LogP contribution < -0.4 is 0 Å². The molecule has 0 atom stereocenters. The van der Waals surface area contributed by atoms with E-state index < -0.39 is 6.89 Å². The van der Waals surface area contributed by atoms with E-state index in [0.717, 1.165) is 6.29 Å². The lowest BCUT2D eigenvalue weighted by molar-refractivity contribution is -0.102. The largest absolute Gasteiger partial charge is 0.299 e. The van der Waals surface area contributed by atoms with E-state index in [2.05, 4.69) is 26.6 Å². The number of hydrogen-bond acceptors (Lipinski definition) is 1. The van der Waals surface area contributed by atoms with Crippen molar-refractivity contribution in [2.24, 2.45) is 0 Å². The molecule has 0 N–H and O–H groups in total. The Balaban J connectivity index is 4.59. The Kier molecular flexibility index (Phi) is 10.1. The quantitative estimate of drug-likeness (QED) is 0.411. The van der Waals surface area contributed by atoms with Gasteiger partial charge in [0, 0.05) is 0 Å². The van der Waals surface area contributed by atoms with Gasteiger partial charge in [-0.1, -0.05) is 40.0 Å². The minimum absolute atomic E-state index is 1.04. The number of carbonyl (C=O) groups excluding carboxylic acids is 1. The monoisotopic (exact) mass is 244 g/mol. The van der Waals surface area contributed by atoms with Crippen LogP contribution in [0.15, 0.2) is 0 Å². The highest BCUT2D eigenvalue weighted by atomic mass is 31.2. The van der Waals surface area contributed by atoms with Crippen molar-refractivity contribution >= 4 is 19.0 Å². The van der Waals surface area contributed by atoms with Crippen molar-refractivity contribution in [3.8, 4) is 0 Å². The molecule has 0 aromatic carbocycles. The van der Waals surface area contributed by atoms with Crippen molar-refractivity contribution in [2.45, 2.75) is 59.3 Å². The van der Waals surface area contributed by atoms with Crippen LogP contribution in [0.5, 0.6) is 0 Å². The molecule has 0 heterocycles. The first-order chi connectivity index (χ1) is 7.74. The molecule has 0 saturated heterocycles. The minimum atomic E-state index is -1.04. The van der Waals surface area contributed by atoms with Gasteiger partial charge in [-0.2, -0.15) is 0 Å². The Bertz CT molecular complexity index is 192. The lowest BCUT2D eigenvalue weighted by atomic mass is 10.4. The number of carbonyl (C=O) groups is 1. The Morgan fingerprint density at radius 1 is 0.812 bits per heavy atom. The molecule has 0 fully saturated rings. The summed E-state index contributed by atoms with van der Waals surface area (Å²) in [6.45, 7) is 5.70. The maximum atomic E-state index is 10.9. The summed E-state index contributed by atoms with van der Waals surface area (Å²) < 4.78 is 0. The molecule has 96 valence electrons. The molecule has 1 nitrogen and oxygen atoms in total. The lowest BCUT2D eigenvalue weighted by Gasteiger charge is -2.25. The van der Waals surface area contributed by atoms with Crippen molar-refractivity contribution in [2.75, 3.05) is 18.5 Å². The highest BCUT2D eigenvalue weighted by molar-refractivity contribution is 7.76. The molecule has 0 bridgehead atoms. The molecule has 0 aromatic heterocycles. The predicted octanol–water partition coefficient (Wildman–Crippen LogP) is 4.41. The second kappa shape index (κ2) is 10.1. The standard InChI is InChI=1S/C14H29OP/c1-4-7-11-16(14-10-15,12-8-5-2)13-9-6-3/h10,14H,4-9,11-13H2,1-3H3. The number of rotatable bonds is 10.